The highest BCUT2D eigenvalue weighted by atomic mass is 16.3. The fraction of sp³-hybridized carbons (Fsp3) is 0.294. The molecule has 0 aromatic heterocycles. The van der Waals surface area contributed by atoms with Crippen LogP contribution in [0.1, 0.15) is 30.9 Å². The first-order valence-corrected chi connectivity index (χ1v) is 7.16. The van der Waals surface area contributed by atoms with Crippen LogP contribution >= 0.6 is 0 Å². The first-order valence-electron chi connectivity index (χ1n) is 7.16. The van der Waals surface area contributed by atoms with Gasteiger partial charge in [-0.1, -0.05) is 36.3 Å². The number of hydrogen-bond acceptors (Lipinski definition) is 3. The number of nitrogens with zero attached hydrogens (tertiary/aromatic N) is 3. The maximum absolute atomic E-state index is 9.49. The second kappa shape index (κ2) is 6.87. The average Bonchev–Trinajstić information content (AvgIpc) is 2.52. The largest absolute Gasteiger partial charge is 0.508 e. The lowest BCUT2D eigenvalue weighted by molar-refractivity contribution is 0.468. The maximum Gasteiger partial charge on any atom is 0.115 e. The standard InChI is InChI=1S/C17H19N3O2/c1-17(11-2-12-19-20-18,13-3-7-15(21)8-4-13)14-5-9-16(22)10-6-14/h3-10,21-22H,2,11-12H2,1H3. The van der Waals surface area contributed by atoms with Gasteiger partial charge in [0.25, 0.3) is 0 Å². The second-order valence-electron chi connectivity index (χ2n) is 5.48. The zero-order chi connectivity index (χ0) is 16.0. The Hall–Kier alpha value is -2.65. The van der Waals surface area contributed by atoms with E-state index in [4.69, 9.17) is 5.53 Å². The Kier molecular flexibility index (Phi) is 4.92. The van der Waals surface area contributed by atoms with Crippen LogP contribution in [0, 0.1) is 0 Å². The van der Waals surface area contributed by atoms with E-state index in [9.17, 15) is 10.2 Å². The van der Waals surface area contributed by atoms with Crippen molar-refractivity contribution in [3.05, 3.63) is 70.1 Å². The third-order valence-electron chi connectivity index (χ3n) is 4.01. The lowest BCUT2D eigenvalue weighted by Crippen LogP contribution is -2.24. The van der Waals surface area contributed by atoms with Gasteiger partial charge in [-0.25, -0.2) is 0 Å². The molecule has 0 saturated carbocycles. The molecule has 5 nitrogen and oxygen atoms in total. The van der Waals surface area contributed by atoms with E-state index in [1.54, 1.807) is 24.3 Å². The summed E-state index contributed by atoms with van der Waals surface area (Å²) in [6, 6.07) is 14.3. The van der Waals surface area contributed by atoms with Crippen molar-refractivity contribution in [3.8, 4) is 11.5 Å². The molecule has 0 heterocycles. The molecule has 0 radical (unpaired) electrons. The highest BCUT2D eigenvalue weighted by Gasteiger charge is 2.28. The minimum Gasteiger partial charge on any atom is -0.508 e. The number of hydrogen-bond donors (Lipinski definition) is 2. The van der Waals surface area contributed by atoms with Crippen molar-refractivity contribution in [3.63, 3.8) is 0 Å². The molecule has 22 heavy (non-hydrogen) atoms. The van der Waals surface area contributed by atoms with E-state index in [2.05, 4.69) is 16.9 Å². The van der Waals surface area contributed by atoms with Crippen LogP contribution in [0.5, 0.6) is 11.5 Å². The van der Waals surface area contributed by atoms with Gasteiger partial charge < -0.3 is 10.2 Å². The van der Waals surface area contributed by atoms with E-state index in [1.807, 2.05) is 24.3 Å². The van der Waals surface area contributed by atoms with Gasteiger partial charge in [-0.15, -0.1) is 0 Å². The van der Waals surface area contributed by atoms with Crippen LogP contribution in [0.25, 0.3) is 10.4 Å². The van der Waals surface area contributed by atoms with E-state index >= 15 is 0 Å². The molecular formula is C17H19N3O2. The van der Waals surface area contributed by atoms with Crippen LogP contribution in [0.15, 0.2) is 53.6 Å². The molecule has 0 spiro atoms. The minimum absolute atomic E-state index is 0.228. The van der Waals surface area contributed by atoms with E-state index in [0.29, 0.717) is 6.54 Å². The van der Waals surface area contributed by atoms with Gasteiger partial charge in [0.15, 0.2) is 0 Å². The Morgan fingerprint density at radius 1 is 0.955 bits per heavy atom. The smallest absolute Gasteiger partial charge is 0.115 e. The zero-order valence-electron chi connectivity index (χ0n) is 12.5. The normalized spacial score (nSPS) is 11.0. The van der Waals surface area contributed by atoms with Crippen LogP contribution in [0.4, 0.5) is 0 Å². The topological polar surface area (TPSA) is 89.2 Å². The number of phenols is 2. The Morgan fingerprint density at radius 3 is 1.82 bits per heavy atom. The highest BCUT2D eigenvalue weighted by molar-refractivity contribution is 5.42. The van der Waals surface area contributed by atoms with E-state index < -0.39 is 0 Å². The molecule has 0 aliphatic carbocycles. The molecule has 0 bridgehead atoms. The van der Waals surface area contributed by atoms with Gasteiger partial charge in [-0.3, -0.25) is 0 Å². The Balaban J connectivity index is 2.36. The lowest BCUT2D eigenvalue weighted by atomic mass is 9.73. The quantitative estimate of drug-likeness (QED) is 0.356. The summed E-state index contributed by atoms with van der Waals surface area (Å²) in [5, 5.41) is 22.6. The average molecular weight is 297 g/mol. The number of benzene rings is 2. The molecule has 2 N–H and O–H groups in total. The molecule has 0 saturated heterocycles. The van der Waals surface area contributed by atoms with Crippen molar-refractivity contribution >= 4 is 0 Å². The van der Waals surface area contributed by atoms with Crippen molar-refractivity contribution < 1.29 is 10.2 Å². The fourth-order valence-electron chi connectivity index (χ4n) is 2.66. The second-order valence-corrected chi connectivity index (χ2v) is 5.48. The number of aromatic hydroxyl groups is 2. The monoisotopic (exact) mass is 297 g/mol. The molecule has 2 rings (SSSR count). The summed E-state index contributed by atoms with van der Waals surface area (Å²) in [4.78, 5) is 2.78. The molecule has 2 aromatic carbocycles. The third-order valence-corrected chi connectivity index (χ3v) is 4.01. The van der Waals surface area contributed by atoms with Gasteiger partial charge in [0, 0.05) is 16.9 Å². The van der Waals surface area contributed by atoms with Crippen molar-refractivity contribution in [1.29, 1.82) is 0 Å². The highest BCUT2D eigenvalue weighted by Crippen LogP contribution is 2.37. The van der Waals surface area contributed by atoms with Crippen molar-refractivity contribution in [1.82, 2.24) is 0 Å². The summed E-state index contributed by atoms with van der Waals surface area (Å²) in [5.74, 6) is 0.455. The number of phenolic OH excluding ortho intramolecular Hbond substituents is 2. The zero-order valence-corrected chi connectivity index (χ0v) is 12.5. The number of rotatable bonds is 6. The van der Waals surface area contributed by atoms with E-state index in [1.165, 1.54) is 0 Å². The molecule has 2 aromatic rings. The van der Waals surface area contributed by atoms with Gasteiger partial charge in [-0.05, 0) is 53.8 Å². The third kappa shape index (κ3) is 3.51. The molecule has 5 heteroatoms. The van der Waals surface area contributed by atoms with Crippen LogP contribution in [0.3, 0.4) is 0 Å². The first-order chi connectivity index (χ1) is 10.6. The van der Waals surface area contributed by atoms with Crippen LogP contribution in [-0.2, 0) is 5.41 Å². The summed E-state index contributed by atoms with van der Waals surface area (Å²) in [7, 11) is 0. The summed E-state index contributed by atoms with van der Waals surface area (Å²) in [6.45, 7) is 2.56. The van der Waals surface area contributed by atoms with Gasteiger partial charge in [-0.2, -0.15) is 0 Å². The molecule has 0 aliphatic heterocycles. The first kappa shape index (κ1) is 15.7. The van der Waals surface area contributed by atoms with Gasteiger partial charge in [0.05, 0.1) is 0 Å². The van der Waals surface area contributed by atoms with Crippen LogP contribution < -0.4 is 0 Å². The van der Waals surface area contributed by atoms with Crippen molar-refractivity contribution in [2.75, 3.05) is 6.54 Å². The number of azide groups is 1. The van der Waals surface area contributed by atoms with Crippen LogP contribution in [0.2, 0.25) is 0 Å². The molecule has 0 unspecified atom stereocenters. The summed E-state index contributed by atoms with van der Waals surface area (Å²) in [5.41, 5.74) is 10.2. The summed E-state index contributed by atoms with van der Waals surface area (Å²) < 4.78 is 0. The minimum atomic E-state index is -0.285. The van der Waals surface area contributed by atoms with Gasteiger partial charge in [0.1, 0.15) is 11.5 Å². The maximum atomic E-state index is 9.49. The summed E-state index contributed by atoms with van der Waals surface area (Å²) in [6.07, 6.45) is 1.55. The lowest BCUT2D eigenvalue weighted by Gasteiger charge is -2.31. The SMILES string of the molecule is CC(CCCN=[N+]=[N-])(c1ccc(O)cc1)c1ccc(O)cc1. The van der Waals surface area contributed by atoms with Gasteiger partial charge in [0.2, 0.25) is 0 Å². The van der Waals surface area contributed by atoms with Crippen molar-refractivity contribution in [2.24, 2.45) is 5.11 Å². The molecule has 0 atom stereocenters. The Morgan fingerprint density at radius 2 is 1.41 bits per heavy atom. The fourth-order valence-corrected chi connectivity index (χ4v) is 2.66. The molecule has 0 aliphatic rings. The molecule has 114 valence electrons. The predicted octanol–water partition coefficient (Wildman–Crippen LogP) is 4.49. The van der Waals surface area contributed by atoms with Gasteiger partial charge >= 0.3 is 0 Å². The molecule has 0 fully saturated rings. The Bertz CT molecular complexity index is 614. The predicted molar refractivity (Wildman–Crippen MR) is 85.9 cm³/mol. The van der Waals surface area contributed by atoms with E-state index in [0.717, 1.165) is 24.0 Å². The van der Waals surface area contributed by atoms with Crippen molar-refractivity contribution in [2.45, 2.75) is 25.2 Å². The molecule has 0 amide bonds. The Labute approximate surface area is 129 Å². The van der Waals surface area contributed by atoms with E-state index in [-0.39, 0.29) is 16.9 Å². The molecular weight excluding hydrogens is 278 g/mol. The van der Waals surface area contributed by atoms with Crippen LogP contribution in [-0.4, -0.2) is 16.8 Å². The summed E-state index contributed by atoms with van der Waals surface area (Å²) >= 11 is 0.